The van der Waals surface area contributed by atoms with E-state index in [2.05, 4.69) is 10.6 Å². The number of nitrogens with one attached hydrogen (secondary N) is 2. The molecule has 2 amide bonds. The Kier molecular flexibility index (Phi) is 7.29. The van der Waals surface area contributed by atoms with Gasteiger partial charge in [0.05, 0.1) is 18.2 Å². The molecule has 146 valence electrons. The van der Waals surface area contributed by atoms with Crippen molar-refractivity contribution in [1.82, 2.24) is 5.32 Å². The fourth-order valence-electron chi connectivity index (χ4n) is 2.46. The highest BCUT2D eigenvalue weighted by molar-refractivity contribution is 7.90. The molecular formula is C20H21N3O4S. The zero-order chi connectivity index (χ0) is 20.6. The molecule has 0 aliphatic rings. The molecule has 0 aliphatic heterocycles. The smallest absolute Gasteiger partial charge is 0.251 e. The highest BCUT2D eigenvalue weighted by atomic mass is 32.2. The Balaban J connectivity index is 2.11. The van der Waals surface area contributed by atoms with Crippen LogP contribution in [0.4, 0.5) is 5.69 Å². The molecule has 0 saturated heterocycles. The number of amides is 2. The van der Waals surface area contributed by atoms with Crippen molar-refractivity contribution >= 4 is 27.3 Å². The Hall–Kier alpha value is -3.18. The highest BCUT2D eigenvalue weighted by Gasteiger charge is 2.23. The number of carbonyl (C=O) groups is 2. The van der Waals surface area contributed by atoms with Crippen molar-refractivity contribution in [3.05, 3.63) is 65.7 Å². The van der Waals surface area contributed by atoms with Gasteiger partial charge in [-0.15, -0.1) is 0 Å². The van der Waals surface area contributed by atoms with Gasteiger partial charge in [-0.2, -0.15) is 5.26 Å². The molecule has 28 heavy (non-hydrogen) atoms. The lowest BCUT2D eigenvalue weighted by molar-refractivity contribution is -0.118. The second-order valence-electron chi connectivity index (χ2n) is 6.33. The average Bonchev–Trinajstić information content (AvgIpc) is 2.66. The molecule has 0 spiro atoms. The Morgan fingerprint density at radius 1 is 1.07 bits per heavy atom. The molecule has 0 saturated carbocycles. The molecule has 0 fully saturated rings. The zero-order valence-corrected chi connectivity index (χ0v) is 16.2. The highest BCUT2D eigenvalue weighted by Crippen LogP contribution is 2.11. The van der Waals surface area contributed by atoms with Crippen LogP contribution in [-0.4, -0.2) is 38.3 Å². The molecule has 7 nitrogen and oxygen atoms in total. The summed E-state index contributed by atoms with van der Waals surface area (Å²) in [5.41, 5.74) is 1.68. The maximum absolute atomic E-state index is 12.6. The average molecular weight is 399 g/mol. The van der Waals surface area contributed by atoms with Crippen LogP contribution in [0.3, 0.4) is 0 Å². The van der Waals surface area contributed by atoms with Crippen LogP contribution in [-0.2, 0) is 21.1 Å². The van der Waals surface area contributed by atoms with Crippen molar-refractivity contribution in [3.8, 4) is 6.07 Å². The van der Waals surface area contributed by atoms with Gasteiger partial charge >= 0.3 is 0 Å². The second kappa shape index (κ2) is 9.67. The number of hydrogen-bond donors (Lipinski definition) is 2. The molecule has 0 aromatic heterocycles. The summed E-state index contributed by atoms with van der Waals surface area (Å²) >= 11 is 0. The van der Waals surface area contributed by atoms with Crippen LogP contribution < -0.4 is 10.6 Å². The number of benzene rings is 2. The van der Waals surface area contributed by atoms with Crippen molar-refractivity contribution in [3.63, 3.8) is 0 Å². The van der Waals surface area contributed by atoms with Gasteiger partial charge < -0.3 is 10.6 Å². The number of nitrogens with zero attached hydrogens (tertiary/aromatic N) is 1. The number of hydrogen-bond acceptors (Lipinski definition) is 5. The van der Waals surface area contributed by atoms with Gasteiger partial charge in [0.2, 0.25) is 5.91 Å². The lowest BCUT2D eigenvalue weighted by atomic mass is 10.1. The van der Waals surface area contributed by atoms with Crippen LogP contribution in [0.2, 0.25) is 0 Å². The Morgan fingerprint density at radius 3 is 2.29 bits per heavy atom. The van der Waals surface area contributed by atoms with E-state index < -0.39 is 27.7 Å². The van der Waals surface area contributed by atoms with Crippen LogP contribution in [0.5, 0.6) is 0 Å². The SMILES string of the molecule is CS(=O)(=O)CC[C@H](NC(=O)c1ccccc1)C(=O)Nc1ccc(CC#N)cc1. The van der Waals surface area contributed by atoms with E-state index in [1.165, 1.54) is 0 Å². The third kappa shape index (κ3) is 6.85. The Labute approximate surface area is 164 Å². The summed E-state index contributed by atoms with van der Waals surface area (Å²) in [4.78, 5) is 25.0. The van der Waals surface area contributed by atoms with Crippen LogP contribution in [0, 0.1) is 11.3 Å². The molecule has 8 heteroatoms. The van der Waals surface area contributed by atoms with Gasteiger partial charge in [-0.25, -0.2) is 8.42 Å². The summed E-state index contributed by atoms with van der Waals surface area (Å²) in [6.07, 6.45) is 1.29. The van der Waals surface area contributed by atoms with E-state index in [1.807, 2.05) is 6.07 Å². The number of rotatable bonds is 8. The molecule has 2 aromatic carbocycles. The Bertz CT molecular complexity index is 965. The van der Waals surface area contributed by atoms with Gasteiger partial charge in [0.25, 0.3) is 5.91 Å². The lowest BCUT2D eigenvalue weighted by Crippen LogP contribution is -2.44. The van der Waals surface area contributed by atoms with Crippen LogP contribution >= 0.6 is 0 Å². The number of sulfone groups is 1. The molecular weight excluding hydrogens is 378 g/mol. The first-order valence-electron chi connectivity index (χ1n) is 8.59. The molecule has 0 heterocycles. The van der Waals surface area contributed by atoms with E-state index in [0.717, 1.165) is 11.8 Å². The van der Waals surface area contributed by atoms with Crippen molar-refractivity contribution < 1.29 is 18.0 Å². The van der Waals surface area contributed by atoms with Crippen LogP contribution in [0.15, 0.2) is 54.6 Å². The molecule has 2 aromatic rings. The summed E-state index contributed by atoms with van der Waals surface area (Å²) < 4.78 is 23.0. The first-order chi connectivity index (χ1) is 13.3. The summed E-state index contributed by atoms with van der Waals surface area (Å²) in [5, 5.41) is 14.0. The van der Waals surface area contributed by atoms with Crippen molar-refractivity contribution in [2.75, 3.05) is 17.3 Å². The van der Waals surface area contributed by atoms with Crippen LogP contribution in [0.25, 0.3) is 0 Å². The van der Waals surface area contributed by atoms with Crippen molar-refractivity contribution in [1.29, 1.82) is 5.26 Å². The van der Waals surface area contributed by atoms with E-state index in [-0.39, 0.29) is 18.6 Å². The van der Waals surface area contributed by atoms with Gasteiger partial charge in [-0.05, 0) is 36.2 Å². The zero-order valence-electron chi connectivity index (χ0n) is 15.4. The minimum atomic E-state index is -3.30. The third-order valence-corrected chi connectivity index (χ3v) is 4.92. The first kappa shape index (κ1) is 21.1. The number of carbonyl (C=O) groups excluding carboxylic acids is 2. The number of anilines is 1. The minimum absolute atomic E-state index is 0.0459. The van der Waals surface area contributed by atoms with Gasteiger partial charge in [-0.1, -0.05) is 30.3 Å². The number of nitriles is 1. The van der Waals surface area contributed by atoms with E-state index in [0.29, 0.717) is 11.3 Å². The normalized spacial score (nSPS) is 11.9. The maximum atomic E-state index is 12.6. The molecule has 2 rings (SSSR count). The standard InChI is InChI=1S/C20H21N3O4S/c1-28(26,27)14-12-18(23-19(24)16-5-3-2-4-6-16)20(25)22-17-9-7-15(8-10-17)11-13-21/h2-10,18H,11-12,14H2,1H3,(H,22,25)(H,23,24)/t18-/m0/s1. The summed E-state index contributed by atoms with van der Waals surface area (Å²) in [5.74, 6) is -1.21. The largest absolute Gasteiger partial charge is 0.340 e. The quantitative estimate of drug-likeness (QED) is 0.703. The molecule has 0 radical (unpaired) electrons. The molecule has 1 atom stereocenters. The van der Waals surface area contributed by atoms with Crippen molar-refractivity contribution in [2.24, 2.45) is 0 Å². The third-order valence-electron chi connectivity index (χ3n) is 3.94. The van der Waals surface area contributed by atoms with Gasteiger partial charge in [-0.3, -0.25) is 9.59 Å². The van der Waals surface area contributed by atoms with Gasteiger partial charge in [0.1, 0.15) is 15.9 Å². The van der Waals surface area contributed by atoms with E-state index in [9.17, 15) is 18.0 Å². The Morgan fingerprint density at radius 2 is 1.71 bits per heavy atom. The molecule has 0 unspecified atom stereocenters. The summed E-state index contributed by atoms with van der Waals surface area (Å²) in [6.45, 7) is 0. The van der Waals surface area contributed by atoms with Gasteiger partial charge in [0, 0.05) is 17.5 Å². The van der Waals surface area contributed by atoms with E-state index in [4.69, 9.17) is 5.26 Å². The van der Waals surface area contributed by atoms with Crippen molar-refractivity contribution in [2.45, 2.75) is 18.9 Å². The monoisotopic (exact) mass is 399 g/mol. The molecule has 2 N–H and O–H groups in total. The fourth-order valence-corrected chi connectivity index (χ4v) is 3.12. The lowest BCUT2D eigenvalue weighted by Gasteiger charge is -2.18. The second-order valence-corrected chi connectivity index (χ2v) is 8.59. The predicted molar refractivity (Wildman–Crippen MR) is 106 cm³/mol. The first-order valence-corrected chi connectivity index (χ1v) is 10.6. The summed E-state index contributed by atoms with van der Waals surface area (Å²) in [7, 11) is -3.30. The van der Waals surface area contributed by atoms with E-state index in [1.54, 1.807) is 54.6 Å². The van der Waals surface area contributed by atoms with E-state index >= 15 is 0 Å². The predicted octanol–water partition coefficient (Wildman–Crippen LogP) is 1.92. The minimum Gasteiger partial charge on any atom is -0.340 e. The molecule has 0 aliphatic carbocycles. The van der Waals surface area contributed by atoms with Crippen LogP contribution in [0.1, 0.15) is 22.3 Å². The fraction of sp³-hybridized carbons (Fsp3) is 0.250. The summed E-state index contributed by atoms with van der Waals surface area (Å²) in [6, 6.07) is 16.1. The molecule has 0 bridgehead atoms. The maximum Gasteiger partial charge on any atom is 0.251 e. The van der Waals surface area contributed by atoms with Gasteiger partial charge in [0.15, 0.2) is 0 Å². The topological polar surface area (TPSA) is 116 Å².